The monoisotopic (exact) mass is 208 g/mol. The van der Waals surface area contributed by atoms with Crippen LogP contribution in [0.5, 0.6) is 0 Å². The van der Waals surface area contributed by atoms with E-state index in [4.69, 9.17) is 10.2 Å². The molecule has 1 aromatic heterocycles. The quantitative estimate of drug-likeness (QED) is 0.746. The number of aldehydes is 1. The predicted octanol–water partition coefficient (Wildman–Crippen LogP) is 0.873. The molecule has 2 rings (SSSR count). The van der Waals surface area contributed by atoms with Gasteiger partial charge in [0.05, 0.1) is 6.54 Å². The molecule has 0 bridgehead atoms. The van der Waals surface area contributed by atoms with Gasteiger partial charge in [-0.05, 0) is 37.6 Å². The van der Waals surface area contributed by atoms with Crippen molar-refractivity contribution >= 4 is 6.29 Å². The van der Waals surface area contributed by atoms with Crippen molar-refractivity contribution in [2.24, 2.45) is 11.7 Å². The average molecular weight is 208 g/mol. The van der Waals surface area contributed by atoms with Crippen molar-refractivity contribution in [3.63, 3.8) is 0 Å². The standard InChI is InChI=1S/C11H16N2O2/c12-5-9-3-4-13(6-9)7-10-1-2-11(8-14)15-10/h1-2,8-9H,3-7,12H2. The Hall–Kier alpha value is -1.13. The number of likely N-dealkylation sites (tertiary alicyclic amines) is 1. The summed E-state index contributed by atoms with van der Waals surface area (Å²) >= 11 is 0. The van der Waals surface area contributed by atoms with Crippen LogP contribution < -0.4 is 5.73 Å². The van der Waals surface area contributed by atoms with Crippen molar-refractivity contribution in [2.45, 2.75) is 13.0 Å². The Bertz CT molecular complexity index is 335. The topological polar surface area (TPSA) is 59.5 Å². The molecule has 1 fully saturated rings. The van der Waals surface area contributed by atoms with Crippen LogP contribution in [0.25, 0.3) is 0 Å². The van der Waals surface area contributed by atoms with Gasteiger partial charge in [-0.25, -0.2) is 0 Å². The minimum Gasteiger partial charge on any atom is -0.457 e. The van der Waals surface area contributed by atoms with Gasteiger partial charge in [0.2, 0.25) is 0 Å². The molecule has 0 amide bonds. The lowest BCUT2D eigenvalue weighted by molar-refractivity contribution is 0.109. The lowest BCUT2D eigenvalue weighted by Gasteiger charge is -2.13. The molecule has 0 spiro atoms. The Morgan fingerprint density at radius 2 is 2.47 bits per heavy atom. The summed E-state index contributed by atoms with van der Waals surface area (Å²) in [6, 6.07) is 3.57. The molecular weight excluding hydrogens is 192 g/mol. The molecule has 2 heterocycles. The average Bonchev–Trinajstić information content (AvgIpc) is 2.87. The van der Waals surface area contributed by atoms with Gasteiger partial charge in [-0.2, -0.15) is 0 Å². The number of carbonyl (C=O) groups is 1. The summed E-state index contributed by atoms with van der Waals surface area (Å²) in [4.78, 5) is 12.7. The zero-order valence-electron chi connectivity index (χ0n) is 8.69. The highest BCUT2D eigenvalue weighted by Crippen LogP contribution is 2.18. The van der Waals surface area contributed by atoms with E-state index in [-0.39, 0.29) is 0 Å². The fraction of sp³-hybridized carbons (Fsp3) is 0.545. The number of hydrogen-bond donors (Lipinski definition) is 1. The second kappa shape index (κ2) is 4.59. The van der Waals surface area contributed by atoms with E-state index in [2.05, 4.69) is 4.90 Å². The first-order valence-corrected chi connectivity index (χ1v) is 5.28. The molecular formula is C11H16N2O2. The number of furan rings is 1. The van der Waals surface area contributed by atoms with Crippen molar-refractivity contribution < 1.29 is 9.21 Å². The Kier molecular flexibility index (Phi) is 3.18. The summed E-state index contributed by atoms with van der Waals surface area (Å²) in [5, 5.41) is 0. The van der Waals surface area contributed by atoms with Gasteiger partial charge in [0.15, 0.2) is 12.0 Å². The predicted molar refractivity (Wildman–Crippen MR) is 56.5 cm³/mol. The highest BCUT2D eigenvalue weighted by Gasteiger charge is 2.21. The molecule has 1 aliphatic heterocycles. The van der Waals surface area contributed by atoms with Crippen LogP contribution in [-0.2, 0) is 6.54 Å². The van der Waals surface area contributed by atoms with Crippen LogP contribution in [0.3, 0.4) is 0 Å². The van der Waals surface area contributed by atoms with Crippen LogP contribution in [0.4, 0.5) is 0 Å². The lowest BCUT2D eigenvalue weighted by Crippen LogP contribution is -2.22. The van der Waals surface area contributed by atoms with E-state index in [9.17, 15) is 4.79 Å². The first kappa shape index (κ1) is 10.4. The van der Waals surface area contributed by atoms with Crippen LogP contribution in [-0.4, -0.2) is 30.8 Å². The fourth-order valence-corrected chi connectivity index (χ4v) is 2.01. The molecule has 4 nitrogen and oxygen atoms in total. The maximum Gasteiger partial charge on any atom is 0.185 e. The first-order chi connectivity index (χ1) is 7.31. The summed E-state index contributed by atoms with van der Waals surface area (Å²) in [6.07, 6.45) is 1.90. The van der Waals surface area contributed by atoms with E-state index < -0.39 is 0 Å². The molecule has 15 heavy (non-hydrogen) atoms. The number of nitrogens with zero attached hydrogens (tertiary/aromatic N) is 1. The van der Waals surface area contributed by atoms with Gasteiger partial charge in [0.25, 0.3) is 0 Å². The first-order valence-electron chi connectivity index (χ1n) is 5.28. The van der Waals surface area contributed by atoms with E-state index in [0.717, 1.165) is 44.6 Å². The summed E-state index contributed by atoms with van der Waals surface area (Å²) in [7, 11) is 0. The van der Waals surface area contributed by atoms with Crippen molar-refractivity contribution in [3.8, 4) is 0 Å². The lowest BCUT2D eigenvalue weighted by atomic mass is 10.1. The molecule has 82 valence electrons. The minimum absolute atomic E-state index is 0.402. The molecule has 1 aliphatic rings. The van der Waals surface area contributed by atoms with Gasteiger partial charge in [-0.15, -0.1) is 0 Å². The molecule has 0 aliphatic carbocycles. The van der Waals surface area contributed by atoms with E-state index in [1.54, 1.807) is 6.07 Å². The van der Waals surface area contributed by atoms with Crippen molar-refractivity contribution in [1.29, 1.82) is 0 Å². The molecule has 1 aromatic rings. The Balaban J connectivity index is 1.89. The van der Waals surface area contributed by atoms with Gasteiger partial charge < -0.3 is 10.2 Å². The smallest absolute Gasteiger partial charge is 0.185 e. The molecule has 1 unspecified atom stereocenters. The van der Waals surface area contributed by atoms with Gasteiger partial charge in [-0.1, -0.05) is 0 Å². The molecule has 2 N–H and O–H groups in total. The van der Waals surface area contributed by atoms with Gasteiger partial charge in [0, 0.05) is 6.54 Å². The van der Waals surface area contributed by atoms with Crippen molar-refractivity contribution in [2.75, 3.05) is 19.6 Å². The number of hydrogen-bond acceptors (Lipinski definition) is 4. The fourth-order valence-electron chi connectivity index (χ4n) is 2.01. The van der Waals surface area contributed by atoms with Gasteiger partial charge in [-0.3, -0.25) is 9.69 Å². The molecule has 1 atom stereocenters. The third-order valence-corrected chi connectivity index (χ3v) is 2.88. The molecule has 0 saturated carbocycles. The molecule has 4 heteroatoms. The summed E-state index contributed by atoms with van der Waals surface area (Å²) < 4.78 is 5.32. The van der Waals surface area contributed by atoms with Gasteiger partial charge in [0.1, 0.15) is 5.76 Å². The molecule has 0 radical (unpaired) electrons. The van der Waals surface area contributed by atoms with E-state index in [0.29, 0.717) is 11.7 Å². The summed E-state index contributed by atoms with van der Waals surface area (Å²) in [5.41, 5.74) is 5.62. The summed E-state index contributed by atoms with van der Waals surface area (Å²) in [5.74, 6) is 1.87. The Morgan fingerprint density at radius 1 is 1.60 bits per heavy atom. The Morgan fingerprint density at radius 3 is 3.07 bits per heavy atom. The largest absolute Gasteiger partial charge is 0.457 e. The third kappa shape index (κ3) is 2.46. The van der Waals surface area contributed by atoms with E-state index in [1.165, 1.54) is 0 Å². The van der Waals surface area contributed by atoms with Crippen molar-refractivity contribution in [1.82, 2.24) is 4.90 Å². The van der Waals surface area contributed by atoms with Crippen LogP contribution in [0.1, 0.15) is 22.7 Å². The highest BCUT2D eigenvalue weighted by molar-refractivity contribution is 5.70. The molecule has 0 aromatic carbocycles. The minimum atomic E-state index is 0.402. The number of carbonyl (C=O) groups excluding carboxylic acids is 1. The van der Waals surface area contributed by atoms with Crippen molar-refractivity contribution in [3.05, 3.63) is 23.7 Å². The van der Waals surface area contributed by atoms with Crippen LogP contribution in [0.2, 0.25) is 0 Å². The normalized spacial score (nSPS) is 22.1. The second-order valence-electron chi connectivity index (χ2n) is 4.05. The third-order valence-electron chi connectivity index (χ3n) is 2.88. The number of rotatable bonds is 4. The second-order valence-corrected chi connectivity index (χ2v) is 4.05. The Labute approximate surface area is 89.0 Å². The highest BCUT2D eigenvalue weighted by atomic mass is 16.3. The maximum atomic E-state index is 10.4. The summed E-state index contributed by atoms with van der Waals surface area (Å²) in [6.45, 7) is 3.64. The number of nitrogens with two attached hydrogens (primary N) is 1. The van der Waals surface area contributed by atoms with E-state index >= 15 is 0 Å². The van der Waals surface area contributed by atoms with Gasteiger partial charge >= 0.3 is 0 Å². The molecule has 1 saturated heterocycles. The maximum absolute atomic E-state index is 10.4. The van der Waals surface area contributed by atoms with Crippen LogP contribution >= 0.6 is 0 Å². The SMILES string of the molecule is NCC1CCN(Cc2ccc(C=O)o2)C1. The zero-order valence-corrected chi connectivity index (χ0v) is 8.69. The zero-order chi connectivity index (χ0) is 10.7. The van der Waals surface area contributed by atoms with Crippen LogP contribution in [0, 0.1) is 5.92 Å². The van der Waals surface area contributed by atoms with Crippen LogP contribution in [0.15, 0.2) is 16.5 Å². The van der Waals surface area contributed by atoms with E-state index in [1.807, 2.05) is 6.07 Å².